The van der Waals surface area contributed by atoms with Crippen molar-refractivity contribution in [2.24, 2.45) is 11.8 Å². The molecule has 1 N–H and O–H groups in total. The Hall–Kier alpha value is -2.43. The van der Waals surface area contributed by atoms with Crippen molar-refractivity contribution in [2.45, 2.75) is 37.6 Å². The van der Waals surface area contributed by atoms with Gasteiger partial charge in [0, 0.05) is 12.5 Å². The van der Waals surface area contributed by atoms with E-state index in [1.54, 1.807) is 19.9 Å². The van der Waals surface area contributed by atoms with E-state index in [1.165, 1.54) is 19.2 Å². The number of aliphatic hydroxyl groups is 1. The van der Waals surface area contributed by atoms with Gasteiger partial charge in [-0.1, -0.05) is 0 Å². The first-order chi connectivity index (χ1) is 11.8. The summed E-state index contributed by atoms with van der Waals surface area (Å²) in [6.07, 6.45) is -0.459. The molecule has 2 amide bonds. The average Bonchev–Trinajstić information content (AvgIpc) is 3.08. The van der Waals surface area contributed by atoms with Crippen LogP contribution in [-0.2, 0) is 14.3 Å². The zero-order valence-electron chi connectivity index (χ0n) is 14.1. The van der Waals surface area contributed by atoms with Gasteiger partial charge in [0.2, 0.25) is 11.8 Å². The Morgan fingerprint density at radius 2 is 2.00 bits per heavy atom. The van der Waals surface area contributed by atoms with Crippen molar-refractivity contribution < 1.29 is 24.2 Å². The van der Waals surface area contributed by atoms with Gasteiger partial charge in [-0.05, 0) is 26.0 Å². The molecule has 25 heavy (non-hydrogen) atoms. The second kappa shape index (κ2) is 4.81. The number of imide groups is 1. The van der Waals surface area contributed by atoms with E-state index in [-0.39, 0.29) is 11.8 Å². The highest BCUT2D eigenvalue weighted by atomic mass is 16.6. The molecule has 0 saturated carbocycles. The SMILES string of the molecule is COc1cc(N2C(=O)[C@@H]3[C@H](C2=O)C2(C)O[C@@]3(C)C[C@H]2O)ccc1C#N. The molecule has 130 valence electrons. The van der Waals surface area contributed by atoms with Crippen molar-refractivity contribution in [3.63, 3.8) is 0 Å². The first-order valence-corrected chi connectivity index (χ1v) is 8.11. The fourth-order valence-corrected chi connectivity index (χ4v) is 4.69. The Labute approximate surface area is 144 Å². The van der Waals surface area contributed by atoms with E-state index in [0.717, 1.165) is 4.90 Å². The van der Waals surface area contributed by atoms with Gasteiger partial charge in [-0.15, -0.1) is 0 Å². The van der Waals surface area contributed by atoms with E-state index in [4.69, 9.17) is 14.7 Å². The maximum atomic E-state index is 13.0. The molecule has 3 saturated heterocycles. The van der Waals surface area contributed by atoms with Crippen LogP contribution in [0.2, 0.25) is 0 Å². The molecule has 3 heterocycles. The fraction of sp³-hybridized carbons (Fsp3) is 0.500. The highest BCUT2D eigenvalue weighted by molar-refractivity contribution is 6.23. The zero-order valence-corrected chi connectivity index (χ0v) is 14.1. The summed E-state index contributed by atoms with van der Waals surface area (Å²) in [5.41, 5.74) is -1.22. The number of nitriles is 1. The van der Waals surface area contributed by atoms with Gasteiger partial charge < -0.3 is 14.6 Å². The number of carbonyl (C=O) groups is 2. The van der Waals surface area contributed by atoms with Crippen LogP contribution < -0.4 is 9.64 Å². The fourth-order valence-electron chi connectivity index (χ4n) is 4.69. The standard InChI is InChI=1S/C18H18N2O5/c1-17-7-12(21)18(2,25-17)14-13(17)15(22)20(16(14)23)10-5-4-9(8-19)11(6-10)24-3/h4-6,12-14,21H,7H2,1-3H3/t12-,13+,14-,17+,18?/m1/s1. The molecular formula is C18H18N2O5. The number of ether oxygens (including phenoxy) is 2. The number of rotatable bonds is 2. The normalized spacial score (nSPS) is 38.8. The maximum absolute atomic E-state index is 13.0. The van der Waals surface area contributed by atoms with Gasteiger partial charge in [0.1, 0.15) is 17.4 Å². The summed E-state index contributed by atoms with van der Waals surface area (Å²) >= 11 is 0. The van der Waals surface area contributed by atoms with E-state index < -0.39 is 29.1 Å². The number of anilines is 1. The number of nitrogens with zero attached hydrogens (tertiary/aromatic N) is 2. The van der Waals surface area contributed by atoms with Gasteiger partial charge in [-0.25, -0.2) is 4.90 Å². The molecule has 2 bridgehead atoms. The number of benzene rings is 1. The lowest BCUT2D eigenvalue weighted by Gasteiger charge is -2.31. The minimum Gasteiger partial charge on any atom is -0.495 e. The lowest BCUT2D eigenvalue weighted by molar-refractivity contribution is -0.132. The van der Waals surface area contributed by atoms with Crippen molar-refractivity contribution in [2.75, 3.05) is 12.0 Å². The number of hydrogen-bond acceptors (Lipinski definition) is 6. The minimum atomic E-state index is -1.06. The smallest absolute Gasteiger partial charge is 0.240 e. The van der Waals surface area contributed by atoms with Crippen LogP contribution in [0.3, 0.4) is 0 Å². The van der Waals surface area contributed by atoms with Crippen LogP contribution in [0.5, 0.6) is 5.75 Å². The first kappa shape index (κ1) is 16.1. The molecule has 7 heteroatoms. The highest BCUT2D eigenvalue weighted by Crippen LogP contribution is 2.61. The Kier molecular flexibility index (Phi) is 3.09. The number of aliphatic hydroxyl groups excluding tert-OH is 1. The predicted molar refractivity (Wildman–Crippen MR) is 85.7 cm³/mol. The summed E-state index contributed by atoms with van der Waals surface area (Å²) in [5.74, 6) is -1.74. The number of carbonyl (C=O) groups excluding carboxylic acids is 2. The predicted octanol–water partition coefficient (Wildman–Crippen LogP) is 0.985. The Morgan fingerprint density at radius 3 is 2.64 bits per heavy atom. The second-order valence-corrected chi connectivity index (χ2v) is 7.28. The third-order valence-electron chi connectivity index (χ3n) is 5.86. The van der Waals surface area contributed by atoms with Crippen LogP contribution in [0.25, 0.3) is 0 Å². The molecule has 1 aromatic carbocycles. The van der Waals surface area contributed by atoms with E-state index in [9.17, 15) is 14.7 Å². The maximum Gasteiger partial charge on any atom is 0.240 e. The molecule has 5 atom stereocenters. The summed E-state index contributed by atoms with van der Waals surface area (Å²) in [6.45, 7) is 3.47. The van der Waals surface area contributed by atoms with Gasteiger partial charge >= 0.3 is 0 Å². The Morgan fingerprint density at radius 1 is 1.32 bits per heavy atom. The molecule has 0 aromatic heterocycles. The lowest BCUT2D eigenvalue weighted by Crippen LogP contribution is -2.49. The molecule has 0 spiro atoms. The number of fused-ring (bicyclic) bond motifs is 5. The van der Waals surface area contributed by atoms with Crippen molar-refractivity contribution in [3.05, 3.63) is 23.8 Å². The largest absolute Gasteiger partial charge is 0.495 e. The number of hydrogen-bond donors (Lipinski definition) is 1. The average molecular weight is 342 g/mol. The molecule has 3 aliphatic heterocycles. The third kappa shape index (κ3) is 1.81. The molecule has 3 aliphatic rings. The summed E-state index contributed by atoms with van der Waals surface area (Å²) < 4.78 is 11.1. The minimum absolute atomic E-state index is 0.300. The van der Waals surface area contributed by atoms with Crippen LogP contribution in [-0.4, -0.2) is 41.3 Å². The lowest BCUT2D eigenvalue weighted by atomic mass is 9.67. The van der Waals surface area contributed by atoms with Crippen LogP contribution in [0, 0.1) is 23.2 Å². The number of methoxy groups -OCH3 is 1. The molecule has 0 aliphatic carbocycles. The van der Waals surface area contributed by atoms with Gasteiger partial charge in [0.05, 0.1) is 41.9 Å². The van der Waals surface area contributed by atoms with E-state index in [1.807, 2.05) is 6.07 Å². The van der Waals surface area contributed by atoms with Crippen molar-refractivity contribution >= 4 is 17.5 Å². The molecule has 0 radical (unpaired) electrons. The van der Waals surface area contributed by atoms with Crippen molar-refractivity contribution in [1.29, 1.82) is 5.26 Å². The first-order valence-electron chi connectivity index (χ1n) is 8.11. The van der Waals surface area contributed by atoms with E-state index in [0.29, 0.717) is 23.4 Å². The second-order valence-electron chi connectivity index (χ2n) is 7.28. The van der Waals surface area contributed by atoms with Crippen LogP contribution in [0.1, 0.15) is 25.8 Å². The quantitative estimate of drug-likeness (QED) is 0.805. The monoisotopic (exact) mass is 342 g/mol. The van der Waals surface area contributed by atoms with Gasteiger partial charge in [0.25, 0.3) is 0 Å². The number of amides is 2. The van der Waals surface area contributed by atoms with Crippen LogP contribution in [0.15, 0.2) is 18.2 Å². The zero-order chi connectivity index (χ0) is 18.1. The Bertz CT molecular complexity index is 846. The summed E-state index contributed by atoms with van der Waals surface area (Å²) in [6, 6.07) is 6.59. The van der Waals surface area contributed by atoms with E-state index >= 15 is 0 Å². The Balaban J connectivity index is 1.79. The summed E-state index contributed by atoms with van der Waals surface area (Å²) in [5, 5.41) is 19.4. The molecular weight excluding hydrogens is 324 g/mol. The van der Waals surface area contributed by atoms with Crippen LogP contribution >= 0.6 is 0 Å². The van der Waals surface area contributed by atoms with Crippen LogP contribution in [0.4, 0.5) is 5.69 Å². The molecule has 3 fully saturated rings. The van der Waals surface area contributed by atoms with Crippen molar-refractivity contribution in [1.82, 2.24) is 0 Å². The third-order valence-corrected chi connectivity index (χ3v) is 5.86. The van der Waals surface area contributed by atoms with Gasteiger partial charge in [-0.2, -0.15) is 5.26 Å². The summed E-state index contributed by atoms with van der Waals surface area (Å²) in [4.78, 5) is 27.2. The molecule has 7 nitrogen and oxygen atoms in total. The molecule has 1 unspecified atom stereocenters. The van der Waals surface area contributed by atoms with Gasteiger partial charge in [-0.3, -0.25) is 9.59 Å². The molecule has 4 rings (SSSR count). The van der Waals surface area contributed by atoms with E-state index in [2.05, 4.69) is 0 Å². The van der Waals surface area contributed by atoms with Gasteiger partial charge in [0.15, 0.2) is 0 Å². The summed E-state index contributed by atoms with van der Waals surface area (Å²) in [7, 11) is 1.43. The van der Waals surface area contributed by atoms with Crippen molar-refractivity contribution in [3.8, 4) is 11.8 Å². The topological polar surface area (TPSA) is 99.9 Å². The molecule has 1 aromatic rings. The highest BCUT2D eigenvalue weighted by Gasteiger charge is 2.75.